The number of hydrogen-bond donors (Lipinski definition) is 1. The smallest absolute Gasteiger partial charge is 0.343 e. The Morgan fingerprint density at radius 1 is 0.903 bits per heavy atom. The zero-order valence-electron chi connectivity index (χ0n) is 16.8. The molecule has 3 rings (SSSR count). The van der Waals surface area contributed by atoms with Crippen molar-refractivity contribution >= 4 is 22.2 Å². The number of hydrazone groups is 1. The van der Waals surface area contributed by atoms with E-state index in [-0.39, 0.29) is 10.6 Å². The molecule has 0 aliphatic rings. The third-order valence-corrected chi connectivity index (χ3v) is 5.39. The Morgan fingerprint density at radius 2 is 1.58 bits per heavy atom. The van der Waals surface area contributed by atoms with E-state index < -0.39 is 16.0 Å². The van der Waals surface area contributed by atoms with Crippen LogP contribution in [0.25, 0.3) is 0 Å². The molecule has 0 saturated heterocycles. The maximum absolute atomic E-state index is 12.6. The molecule has 0 spiro atoms. The van der Waals surface area contributed by atoms with Gasteiger partial charge >= 0.3 is 5.97 Å². The molecule has 1 N–H and O–H groups in total. The summed E-state index contributed by atoms with van der Waals surface area (Å²) in [4.78, 5) is 14.1. The van der Waals surface area contributed by atoms with Gasteiger partial charge in [-0.3, -0.25) is 0 Å². The number of sulfonamides is 1. The maximum Gasteiger partial charge on any atom is 0.343 e. The number of carbonyl (C=O) groups excluding carboxylic acids is 1. The Labute approximate surface area is 180 Å². The second-order valence-electron chi connectivity index (χ2n) is 6.19. The Bertz CT molecular complexity index is 1180. The normalized spacial score (nSPS) is 11.2. The van der Waals surface area contributed by atoms with Crippen LogP contribution in [-0.2, 0) is 10.0 Å². The van der Waals surface area contributed by atoms with Gasteiger partial charge in [0.1, 0.15) is 22.1 Å². The van der Waals surface area contributed by atoms with Gasteiger partial charge in [0.05, 0.1) is 26.0 Å². The first kappa shape index (κ1) is 21.8. The van der Waals surface area contributed by atoms with Gasteiger partial charge in [0, 0.05) is 6.07 Å². The Balaban J connectivity index is 1.66. The topological polar surface area (TPSA) is 103 Å². The molecule has 0 radical (unpaired) electrons. The number of benzene rings is 3. The van der Waals surface area contributed by atoms with Crippen molar-refractivity contribution in [2.75, 3.05) is 14.2 Å². The number of methoxy groups -OCH3 is 2. The van der Waals surface area contributed by atoms with Crippen LogP contribution in [0.3, 0.4) is 0 Å². The summed E-state index contributed by atoms with van der Waals surface area (Å²) in [6.45, 7) is 0. The van der Waals surface area contributed by atoms with Gasteiger partial charge < -0.3 is 14.2 Å². The average molecular weight is 440 g/mol. The Morgan fingerprint density at radius 3 is 2.23 bits per heavy atom. The van der Waals surface area contributed by atoms with Crippen LogP contribution in [0.5, 0.6) is 17.2 Å². The molecule has 0 saturated carbocycles. The molecular weight excluding hydrogens is 420 g/mol. The first-order valence-electron chi connectivity index (χ1n) is 9.07. The fraction of sp³-hybridized carbons (Fsp3) is 0.0909. The zero-order chi connectivity index (χ0) is 22.3. The standard InChI is InChI=1S/C22H20N2O6S/c1-28-19-12-13-20(29-2)21(14-19)31(26,27)24-23-15-16-8-10-18(11-9-16)30-22(25)17-6-4-3-5-7-17/h3-15,24H,1-2H3/b23-15+. The van der Waals surface area contributed by atoms with Gasteiger partial charge in [-0.2, -0.15) is 18.4 Å². The van der Waals surface area contributed by atoms with E-state index in [0.29, 0.717) is 22.6 Å². The van der Waals surface area contributed by atoms with E-state index in [2.05, 4.69) is 9.93 Å². The molecule has 9 heteroatoms. The van der Waals surface area contributed by atoms with Crippen LogP contribution < -0.4 is 19.0 Å². The van der Waals surface area contributed by atoms with Gasteiger partial charge in [0.2, 0.25) is 0 Å². The number of hydrogen-bond acceptors (Lipinski definition) is 7. The number of carbonyl (C=O) groups is 1. The Hall–Kier alpha value is -3.85. The lowest BCUT2D eigenvalue weighted by Crippen LogP contribution is -2.19. The minimum Gasteiger partial charge on any atom is -0.497 e. The van der Waals surface area contributed by atoms with Gasteiger partial charge in [-0.1, -0.05) is 18.2 Å². The molecule has 0 unspecified atom stereocenters. The highest BCUT2D eigenvalue weighted by molar-refractivity contribution is 7.89. The second-order valence-corrected chi connectivity index (χ2v) is 7.82. The third-order valence-electron chi connectivity index (χ3n) is 4.15. The van der Waals surface area contributed by atoms with E-state index in [9.17, 15) is 13.2 Å². The number of esters is 1. The summed E-state index contributed by atoms with van der Waals surface area (Å²) in [6.07, 6.45) is 1.33. The fourth-order valence-corrected chi connectivity index (χ4v) is 3.55. The number of ether oxygens (including phenoxy) is 3. The van der Waals surface area contributed by atoms with E-state index >= 15 is 0 Å². The first-order valence-corrected chi connectivity index (χ1v) is 10.6. The summed E-state index contributed by atoms with van der Waals surface area (Å²) in [5.41, 5.74) is 1.04. The first-order chi connectivity index (χ1) is 14.9. The number of rotatable bonds is 8. The number of nitrogens with one attached hydrogen (secondary N) is 1. The summed E-state index contributed by atoms with van der Waals surface area (Å²) in [5, 5.41) is 3.79. The minimum atomic E-state index is -3.98. The van der Waals surface area contributed by atoms with Crippen LogP contribution in [0.1, 0.15) is 15.9 Å². The van der Waals surface area contributed by atoms with Crippen molar-refractivity contribution in [2.24, 2.45) is 5.10 Å². The molecule has 3 aromatic carbocycles. The molecule has 0 atom stereocenters. The average Bonchev–Trinajstić information content (AvgIpc) is 2.80. The highest BCUT2D eigenvalue weighted by Gasteiger charge is 2.20. The molecular formula is C22H20N2O6S. The van der Waals surface area contributed by atoms with E-state index in [1.54, 1.807) is 54.6 Å². The van der Waals surface area contributed by atoms with Gasteiger partial charge in [-0.15, -0.1) is 0 Å². The molecule has 0 heterocycles. The molecule has 160 valence electrons. The Kier molecular flexibility index (Phi) is 6.88. The maximum atomic E-state index is 12.6. The quantitative estimate of drug-likeness (QED) is 0.250. The van der Waals surface area contributed by atoms with Gasteiger partial charge in [-0.05, 0) is 54.1 Å². The van der Waals surface area contributed by atoms with Gasteiger partial charge in [-0.25, -0.2) is 4.79 Å². The van der Waals surface area contributed by atoms with Crippen molar-refractivity contribution in [3.63, 3.8) is 0 Å². The van der Waals surface area contributed by atoms with Crippen LogP contribution in [0.4, 0.5) is 0 Å². The molecule has 0 aliphatic heterocycles. The predicted molar refractivity (Wildman–Crippen MR) is 115 cm³/mol. The van der Waals surface area contributed by atoms with Crippen molar-refractivity contribution in [3.8, 4) is 17.2 Å². The van der Waals surface area contributed by atoms with Crippen LogP contribution in [0.15, 0.2) is 82.8 Å². The summed E-state index contributed by atoms with van der Waals surface area (Å²) < 4.78 is 40.6. The van der Waals surface area contributed by atoms with Crippen molar-refractivity contribution < 1.29 is 27.4 Å². The number of nitrogens with zero attached hydrogens (tertiary/aromatic N) is 1. The monoisotopic (exact) mass is 440 g/mol. The van der Waals surface area contributed by atoms with E-state index in [4.69, 9.17) is 14.2 Å². The van der Waals surface area contributed by atoms with Gasteiger partial charge in [0.25, 0.3) is 10.0 Å². The minimum absolute atomic E-state index is 0.102. The van der Waals surface area contributed by atoms with Crippen molar-refractivity contribution in [3.05, 3.63) is 83.9 Å². The summed E-state index contributed by atoms with van der Waals surface area (Å²) in [7, 11) is -1.18. The molecule has 0 amide bonds. The lowest BCUT2D eigenvalue weighted by atomic mass is 10.2. The molecule has 0 fully saturated rings. The van der Waals surface area contributed by atoms with E-state index in [1.807, 2.05) is 6.07 Å². The second kappa shape index (κ2) is 9.77. The van der Waals surface area contributed by atoms with Crippen LogP contribution in [-0.4, -0.2) is 34.8 Å². The zero-order valence-corrected chi connectivity index (χ0v) is 17.6. The van der Waals surface area contributed by atoms with Crippen molar-refractivity contribution in [1.29, 1.82) is 0 Å². The van der Waals surface area contributed by atoms with Crippen LogP contribution in [0, 0.1) is 0 Å². The fourth-order valence-electron chi connectivity index (χ4n) is 2.58. The summed E-state index contributed by atoms with van der Waals surface area (Å²) in [5.74, 6) is 0.411. The molecule has 31 heavy (non-hydrogen) atoms. The van der Waals surface area contributed by atoms with E-state index in [0.717, 1.165) is 0 Å². The molecule has 0 aliphatic carbocycles. The predicted octanol–water partition coefficient (Wildman–Crippen LogP) is 3.24. The van der Waals surface area contributed by atoms with Crippen molar-refractivity contribution in [1.82, 2.24) is 4.83 Å². The summed E-state index contributed by atoms with van der Waals surface area (Å²) >= 11 is 0. The van der Waals surface area contributed by atoms with Crippen molar-refractivity contribution in [2.45, 2.75) is 4.90 Å². The van der Waals surface area contributed by atoms with Gasteiger partial charge in [0.15, 0.2) is 0 Å². The highest BCUT2D eigenvalue weighted by atomic mass is 32.2. The molecule has 8 nitrogen and oxygen atoms in total. The summed E-state index contributed by atoms with van der Waals surface area (Å²) in [6, 6.07) is 19.5. The van der Waals surface area contributed by atoms with Crippen LogP contribution >= 0.6 is 0 Å². The largest absolute Gasteiger partial charge is 0.497 e. The molecule has 0 aromatic heterocycles. The van der Waals surface area contributed by atoms with Crippen LogP contribution in [0.2, 0.25) is 0 Å². The molecule has 3 aromatic rings. The highest BCUT2D eigenvalue weighted by Crippen LogP contribution is 2.28. The lowest BCUT2D eigenvalue weighted by molar-refractivity contribution is 0.0734. The SMILES string of the molecule is COc1ccc(OC)c(S(=O)(=O)N/N=C/c2ccc(OC(=O)c3ccccc3)cc2)c1. The molecule has 0 bridgehead atoms. The third kappa shape index (κ3) is 5.61. The van der Waals surface area contributed by atoms with E-state index in [1.165, 1.54) is 32.6 Å². The lowest BCUT2D eigenvalue weighted by Gasteiger charge is -2.10.